The molecular formula is C12H17NO2. The number of Topliss-reactive ketones (excluding diaryl/α,β-unsaturated/α-hetero) is 1. The van der Waals surface area contributed by atoms with Crippen LogP contribution in [0.15, 0.2) is 23.4 Å². The molecule has 15 heavy (non-hydrogen) atoms. The molecule has 0 saturated heterocycles. The Morgan fingerprint density at radius 2 is 1.87 bits per heavy atom. The Labute approximate surface area is 90.2 Å². The summed E-state index contributed by atoms with van der Waals surface area (Å²) in [4.78, 5) is 22.3. The second kappa shape index (κ2) is 4.43. The second-order valence-corrected chi connectivity index (χ2v) is 4.15. The van der Waals surface area contributed by atoms with E-state index in [0.717, 1.165) is 23.3 Å². The predicted molar refractivity (Wildman–Crippen MR) is 59.1 cm³/mol. The number of ketones is 1. The first-order valence-corrected chi connectivity index (χ1v) is 5.07. The summed E-state index contributed by atoms with van der Waals surface area (Å²) in [6.45, 7) is 8.85. The molecule has 0 heterocycles. The van der Waals surface area contributed by atoms with Gasteiger partial charge in [-0.1, -0.05) is 12.2 Å². The number of amides is 1. The van der Waals surface area contributed by atoms with Crippen molar-refractivity contribution in [1.82, 2.24) is 5.32 Å². The number of rotatable bonds is 3. The molecule has 0 fully saturated rings. The van der Waals surface area contributed by atoms with Gasteiger partial charge in [-0.2, -0.15) is 0 Å². The van der Waals surface area contributed by atoms with Gasteiger partial charge in [0.2, 0.25) is 5.91 Å². The molecule has 1 aliphatic carbocycles. The van der Waals surface area contributed by atoms with Crippen molar-refractivity contribution in [3.63, 3.8) is 0 Å². The van der Waals surface area contributed by atoms with Crippen LogP contribution in [-0.2, 0) is 9.59 Å². The molecule has 3 heteroatoms. The van der Waals surface area contributed by atoms with Gasteiger partial charge in [-0.25, -0.2) is 0 Å². The molecule has 0 aliphatic heterocycles. The van der Waals surface area contributed by atoms with E-state index in [0.29, 0.717) is 12.3 Å². The van der Waals surface area contributed by atoms with Gasteiger partial charge in [0.25, 0.3) is 0 Å². The number of hydrogen-bond acceptors (Lipinski definition) is 2. The molecule has 1 amide bonds. The third kappa shape index (κ3) is 2.78. The largest absolute Gasteiger partial charge is 0.330 e. The Balaban J connectivity index is 2.86. The minimum absolute atomic E-state index is 0.0440. The molecule has 0 spiro atoms. The average molecular weight is 207 g/mol. The lowest BCUT2D eigenvalue weighted by molar-refractivity contribution is -0.118. The van der Waals surface area contributed by atoms with E-state index in [1.54, 1.807) is 0 Å². The molecule has 1 aliphatic rings. The second-order valence-electron chi connectivity index (χ2n) is 4.15. The Morgan fingerprint density at radius 1 is 1.27 bits per heavy atom. The van der Waals surface area contributed by atoms with Gasteiger partial charge in [-0.15, -0.1) is 0 Å². The molecule has 0 bridgehead atoms. The SMILES string of the molecule is C=C(C)[C@H]1CC(NC(C)=O)=C(C(C)=O)C1. The maximum absolute atomic E-state index is 11.4. The van der Waals surface area contributed by atoms with E-state index in [9.17, 15) is 9.59 Å². The van der Waals surface area contributed by atoms with Gasteiger partial charge in [0.1, 0.15) is 0 Å². The van der Waals surface area contributed by atoms with Gasteiger partial charge in [-0.3, -0.25) is 9.59 Å². The lowest BCUT2D eigenvalue weighted by Crippen LogP contribution is -2.20. The van der Waals surface area contributed by atoms with Crippen molar-refractivity contribution in [3.05, 3.63) is 23.4 Å². The summed E-state index contributed by atoms with van der Waals surface area (Å²) >= 11 is 0. The van der Waals surface area contributed by atoms with E-state index in [-0.39, 0.29) is 11.7 Å². The molecule has 0 aromatic carbocycles. The molecule has 82 valence electrons. The van der Waals surface area contributed by atoms with E-state index in [2.05, 4.69) is 11.9 Å². The van der Waals surface area contributed by atoms with E-state index in [1.165, 1.54) is 13.8 Å². The van der Waals surface area contributed by atoms with Gasteiger partial charge in [-0.05, 0) is 32.6 Å². The fourth-order valence-electron chi connectivity index (χ4n) is 1.86. The predicted octanol–water partition coefficient (Wildman–Crippen LogP) is 1.95. The number of nitrogens with one attached hydrogen (secondary N) is 1. The molecule has 0 aromatic heterocycles. The normalized spacial score (nSPS) is 20.3. The molecule has 1 atom stereocenters. The molecule has 0 radical (unpaired) electrons. The van der Waals surface area contributed by atoms with Crippen molar-refractivity contribution in [1.29, 1.82) is 0 Å². The highest BCUT2D eigenvalue weighted by Crippen LogP contribution is 2.34. The van der Waals surface area contributed by atoms with E-state index in [1.807, 2.05) is 6.92 Å². The molecule has 0 unspecified atom stereocenters. The van der Waals surface area contributed by atoms with Crippen molar-refractivity contribution in [2.24, 2.45) is 5.92 Å². The highest BCUT2D eigenvalue weighted by molar-refractivity contribution is 5.95. The lowest BCUT2D eigenvalue weighted by atomic mass is 9.97. The molecule has 3 nitrogen and oxygen atoms in total. The fourth-order valence-corrected chi connectivity index (χ4v) is 1.86. The Kier molecular flexibility index (Phi) is 3.45. The quantitative estimate of drug-likeness (QED) is 0.719. The molecular weight excluding hydrogens is 190 g/mol. The smallest absolute Gasteiger partial charge is 0.221 e. The standard InChI is InChI=1S/C12H17NO2/c1-7(2)10-5-11(8(3)14)12(6-10)13-9(4)15/h10H,1,5-6H2,2-4H3,(H,13,15)/t10-/m1/s1. The number of hydrogen-bond donors (Lipinski definition) is 1. The lowest BCUT2D eigenvalue weighted by Gasteiger charge is -2.08. The summed E-state index contributed by atoms with van der Waals surface area (Å²) < 4.78 is 0. The van der Waals surface area contributed by atoms with Crippen molar-refractivity contribution < 1.29 is 9.59 Å². The number of allylic oxidation sites excluding steroid dienone is 3. The Bertz CT molecular complexity index is 353. The third-order valence-corrected chi connectivity index (χ3v) is 2.71. The van der Waals surface area contributed by atoms with Crippen molar-refractivity contribution in [2.75, 3.05) is 0 Å². The molecule has 1 rings (SSSR count). The first-order chi connectivity index (χ1) is 6.91. The minimum Gasteiger partial charge on any atom is -0.330 e. The highest BCUT2D eigenvalue weighted by atomic mass is 16.1. The average Bonchev–Trinajstić information content (AvgIpc) is 2.46. The highest BCUT2D eigenvalue weighted by Gasteiger charge is 2.27. The fraction of sp³-hybridized carbons (Fsp3) is 0.500. The first kappa shape index (κ1) is 11.7. The van der Waals surface area contributed by atoms with Crippen molar-refractivity contribution >= 4 is 11.7 Å². The molecule has 0 saturated carbocycles. The zero-order chi connectivity index (χ0) is 11.6. The van der Waals surface area contributed by atoms with Crippen LogP contribution < -0.4 is 5.32 Å². The molecule has 1 N–H and O–H groups in total. The minimum atomic E-state index is -0.119. The Morgan fingerprint density at radius 3 is 2.27 bits per heavy atom. The van der Waals surface area contributed by atoms with Gasteiger partial charge >= 0.3 is 0 Å². The van der Waals surface area contributed by atoms with Crippen LogP contribution >= 0.6 is 0 Å². The van der Waals surface area contributed by atoms with Crippen LogP contribution in [0.2, 0.25) is 0 Å². The monoisotopic (exact) mass is 207 g/mol. The van der Waals surface area contributed by atoms with Gasteiger partial charge in [0.05, 0.1) is 0 Å². The van der Waals surface area contributed by atoms with Crippen LogP contribution in [0.3, 0.4) is 0 Å². The van der Waals surface area contributed by atoms with Gasteiger partial charge in [0.15, 0.2) is 5.78 Å². The zero-order valence-electron chi connectivity index (χ0n) is 9.52. The van der Waals surface area contributed by atoms with E-state index < -0.39 is 0 Å². The third-order valence-electron chi connectivity index (χ3n) is 2.71. The maximum Gasteiger partial charge on any atom is 0.221 e. The summed E-state index contributed by atoms with van der Waals surface area (Å²) in [6, 6.07) is 0. The van der Waals surface area contributed by atoms with Crippen LogP contribution in [0.1, 0.15) is 33.6 Å². The van der Waals surface area contributed by atoms with E-state index >= 15 is 0 Å². The molecule has 0 aromatic rings. The van der Waals surface area contributed by atoms with Crippen LogP contribution in [0.25, 0.3) is 0 Å². The van der Waals surface area contributed by atoms with Crippen molar-refractivity contribution in [2.45, 2.75) is 33.6 Å². The summed E-state index contributed by atoms with van der Waals surface area (Å²) in [7, 11) is 0. The zero-order valence-corrected chi connectivity index (χ0v) is 9.52. The van der Waals surface area contributed by atoms with Gasteiger partial charge in [0, 0.05) is 18.2 Å². The van der Waals surface area contributed by atoms with Crippen molar-refractivity contribution in [3.8, 4) is 0 Å². The van der Waals surface area contributed by atoms with Gasteiger partial charge < -0.3 is 5.32 Å². The topological polar surface area (TPSA) is 46.2 Å². The van der Waals surface area contributed by atoms with E-state index in [4.69, 9.17) is 0 Å². The first-order valence-electron chi connectivity index (χ1n) is 5.07. The van der Waals surface area contributed by atoms with Crippen LogP contribution in [-0.4, -0.2) is 11.7 Å². The summed E-state index contributed by atoms with van der Waals surface area (Å²) in [5.41, 5.74) is 2.59. The summed E-state index contributed by atoms with van der Waals surface area (Å²) in [5, 5.41) is 2.74. The summed E-state index contributed by atoms with van der Waals surface area (Å²) in [6.07, 6.45) is 1.43. The Hall–Kier alpha value is -1.38. The maximum atomic E-state index is 11.4. The summed E-state index contributed by atoms with van der Waals surface area (Å²) in [5.74, 6) is 0.222. The van der Waals surface area contributed by atoms with Crippen LogP contribution in [0, 0.1) is 5.92 Å². The number of carbonyl (C=O) groups excluding carboxylic acids is 2. The van der Waals surface area contributed by atoms with Crippen LogP contribution in [0.4, 0.5) is 0 Å². The van der Waals surface area contributed by atoms with Crippen LogP contribution in [0.5, 0.6) is 0 Å². The number of carbonyl (C=O) groups is 2.